The molecule has 0 amide bonds. The molecule has 2 aliphatic rings. The van der Waals surface area contributed by atoms with Crippen LogP contribution in [-0.2, 0) is 49.4 Å². The zero-order valence-electron chi connectivity index (χ0n) is 38.8. The number of hydrogen-bond acceptors (Lipinski definition) is 8. The molecule has 63 heavy (non-hydrogen) atoms. The van der Waals surface area contributed by atoms with Crippen molar-refractivity contribution in [1.29, 1.82) is 0 Å². The Balaban J connectivity index is 1.33. The van der Waals surface area contributed by atoms with Gasteiger partial charge in [0.1, 0.15) is 0 Å². The van der Waals surface area contributed by atoms with Gasteiger partial charge in [-0.05, 0) is 100 Å². The molecule has 0 heterocycles. The number of hydrogen-bond donors (Lipinski definition) is 1. The third-order valence-corrected chi connectivity index (χ3v) is 13.6. The van der Waals surface area contributed by atoms with E-state index in [4.69, 9.17) is 29.8 Å². The fourth-order valence-electron chi connectivity index (χ4n) is 9.60. The Morgan fingerprint density at radius 3 is 1.49 bits per heavy atom. The molecular weight excluding hydrogens is 813 g/mol. The average molecular weight is 883 g/mol. The van der Waals surface area contributed by atoms with E-state index in [-0.39, 0.29) is 11.2 Å². The van der Waals surface area contributed by atoms with E-state index in [1.165, 1.54) is 56.6 Å². The molecule has 0 saturated heterocycles. The van der Waals surface area contributed by atoms with E-state index in [0.717, 1.165) is 55.2 Å². The smallest absolute Gasteiger partial charge is 0.264 e. The van der Waals surface area contributed by atoms with Crippen molar-refractivity contribution < 1.29 is 42.8 Å². The molecule has 0 aromatic heterocycles. The molecule has 0 aliphatic heterocycles. The van der Waals surface area contributed by atoms with Crippen molar-refractivity contribution in [2.24, 2.45) is 0 Å². The Bertz CT molecular complexity index is 2280. The zero-order valence-corrected chi connectivity index (χ0v) is 38.6. The highest BCUT2D eigenvalue weighted by atomic mass is 32.2. The van der Waals surface area contributed by atoms with Gasteiger partial charge in [0, 0.05) is 38.3 Å². The van der Waals surface area contributed by atoms with Crippen molar-refractivity contribution in [3.05, 3.63) is 124 Å². The summed E-state index contributed by atoms with van der Waals surface area (Å²) in [6.07, 6.45) is 12.7. The Hall–Kier alpha value is -3.97. The van der Waals surface area contributed by atoms with Gasteiger partial charge in [0.05, 0.1) is 60.0 Å². The van der Waals surface area contributed by atoms with Gasteiger partial charge >= 0.3 is 0 Å². The lowest BCUT2D eigenvalue weighted by Gasteiger charge is -2.33. The number of rotatable bonds is 29. The van der Waals surface area contributed by atoms with Crippen molar-refractivity contribution in [1.82, 2.24) is 0 Å². The first-order valence-electron chi connectivity index (χ1n) is 23.2. The first kappa shape index (κ1) is 47.0. The molecule has 0 fully saturated rings. The third-order valence-electron chi connectivity index (χ3n) is 12.8. The van der Waals surface area contributed by atoms with Crippen LogP contribution < -0.4 is 0 Å². The van der Waals surface area contributed by atoms with E-state index in [2.05, 4.69) is 98.8 Å². The maximum atomic E-state index is 11.7. The maximum Gasteiger partial charge on any atom is 0.264 e. The molecule has 4 aromatic rings. The van der Waals surface area contributed by atoms with Crippen LogP contribution in [0.3, 0.4) is 0 Å². The molecule has 1 N–H and O–H groups in total. The van der Waals surface area contributed by atoms with Gasteiger partial charge in [-0.2, -0.15) is 8.42 Å². The second-order valence-corrected chi connectivity index (χ2v) is 18.5. The van der Waals surface area contributed by atoms with Gasteiger partial charge < -0.3 is 28.4 Å². The molecule has 1 atom stereocenters. The van der Waals surface area contributed by atoms with Crippen LogP contribution in [0.1, 0.15) is 104 Å². The summed E-state index contributed by atoms with van der Waals surface area (Å²) in [6.45, 7) is 10.8. The van der Waals surface area contributed by atoms with E-state index < -0.39 is 15.5 Å². The minimum Gasteiger partial charge on any atom is -0.382 e. The highest BCUT2D eigenvalue weighted by Gasteiger charge is 2.44. The van der Waals surface area contributed by atoms with Gasteiger partial charge in [-0.3, -0.25) is 4.55 Å². The van der Waals surface area contributed by atoms with Gasteiger partial charge in [0.15, 0.2) is 0 Å². The third kappa shape index (κ3) is 12.0. The van der Waals surface area contributed by atoms with Crippen molar-refractivity contribution in [3.63, 3.8) is 0 Å². The van der Waals surface area contributed by atoms with Crippen molar-refractivity contribution in [2.75, 3.05) is 86.0 Å². The van der Waals surface area contributed by atoms with Gasteiger partial charge in [0.2, 0.25) is 0 Å². The van der Waals surface area contributed by atoms with Crippen LogP contribution in [0.5, 0.6) is 0 Å². The lowest BCUT2D eigenvalue weighted by atomic mass is 9.70. The molecule has 0 radical (unpaired) electrons. The van der Waals surface area contributed by atoms with Crippen LogP contribution in [0.15, 0.2) is 79.4 Å². The summed E-state index contributed by atoms with van der Waals surface area (Å²) in [5.41, 5.74) is 13.7. The Morgan fingerprint density at radius 2 is 1.00 bits per heavy atom. The molecule has 6 rings (SSSR count). The Labute approximate surface area is 378 Å². The van der Waals surface area contributed by atoms with E-state index in [1.54, 1.807) is 14.2 Å². The van der Waals surface area contributed by atoms with E-state index in [1.807, 2.05) is 6.08 Å². The molecule has 9 nitrogen and oxygen atoms in total. The Kier molecular flexibility index (Phi) is 17.4. The Morgan fingerprint density at radius 1 is 0.571 bits per heavy atom. The highest BCUT2D eigenvalue weighted by Crippen LogP contribution is 2.55. The van der Waals surface area contributed by atoms with Gasteiger partial charge in [-0.15, -0.1) is 0 Å². The predicted molar refractivity (Wildman–Crippen MR) is 255 cm³/mol. The van der Waals surface area contributed by atoms with Crippen LogP contribution in [0.25, 0.3) is 40.5 Å². The van der Waals surface area contributed by atoms with E-state index in [9.17, 15) is 13.0 Å². The van der Waals surface area contributed by atoms with Crippen LogP contribution >= 0.6 is 0 Å². The van der Waals surface area contributed by atoms with Gasteiger partial charge in [0.25, 0.3) is 10.1 Å². The fourth-order valence-corrected chi connectivity index (χ4v) is 10.2. The summed E-state index contributed by atoms with van der Waals surface area (Å²) in [5, 5.41) is 0. The minimum atomic E-state index is -4.03. The molecule has 4 aromatic carbocycles. The molecular formula is C53H68O9S. The summed E-state index contributed by atoms with van der Waals surface area (Å²) in [5.74, 6) is -0.224. The predicted octanol–water partition coefficient (Wildman–Crippen LogP) is 10.7. The number of ether oxygens (including phenoxy) is 6. The fraction of sp³-hybridized carbons (Fsp3) is 0.472. The number of fused-ring (bicyclic) bond motifs is 6. The zero-order chi connectivity index (χ0) is 45.4. The minimum absolute atomic E-state index is 0.224. The van der Waals surface area contributed by atoms with Gasteiger partial charge in [-0.1, -0.05) is 129 Å². The quantitative estimate of drug-likeness (QED) is 0.0324. The molecule has 1 unspecified atom stereocenters. The number of aryl methyl sites for hydroxylation is 1. The van der Waals surface area contributed by atoms with Crippen LogP contribution in [0, 0.1) is 6.92 Å². The number of unbranched alkanes of at least 4 members (excludes halogenated alkanes) is 2. The average Bonchev–Trinajstić information content (AvgIpc) is 3.70. The summed E-state index contributed by atoms with van der Waals surface area (Å²) in [7, 11) is -0.699. The van der Waals surface area contributed by atoms with Gasteiger partial charge in [-0.25, -0.2) is 0 Å². The van der Waals surface area contributed by atoms with Crippen molar-refractivity contribution >= 4 is 28.3 Å². The lowest BCUT2D eigenvalue weighted by Crippen LogP contribution is -2.30. The summed E-state index contributed by atoms with van der Waals surface area (Å²) in [4.78, 5) is 0. The van der Waals surface area contributed by atoms with E-state index >= 15 is 0 Å². The number of methoxy groups -OCH3 is 2. The second kappa shape index (κ2) is 23.3. The standard InChI is InChI=1S/C53H68O9S/c1-6-8-21-52(22-9-10-35-63(54,55)56)48-36-40(3)11-17-44(48)46-19-15-42(38-50(46)52)12-13-43-16-20-47-45-18-14-41(7-2)37-49(45)53(51(47)39-43,23-25-59-31-33-61-29-27-57-4)24-26-60-32-34-62-30-28-58-5/h7,11-20,36-39H,2,6,8-10,21-35H2,1,3-5H3,(H,54,55,56)/b13-12+/i2T/b7-2+,13-12+. The first-order valence-corrected chi connectivity index (χ1v) is 24.2. The van der Waals surface area contributed by atoms with Crippen LogP contribution in [0.2, 0.25) is 0 Å². The number of benzene rings is 4. The van der Waals surface area contributed by atoms with Crippen LogP contribution in [0.4, 0.5) is 0 Å². The highest BCUT2D eigenvalue weighted by molar-refractivity contribution is 7.85. The topological polar surface area (TPSA) is 110 Å². The molecule has 2 aliphatic carbocycles. The van der Waals surface area contributed by atoms with E-state index in [0.29, 0.717) is 78.9 Å². The monoisotopic (exact) mass is 882 g/mol. The molecule has 10 heteroatoms. The van der Waals surface area contributed by atoms with Crippen molar-refractivity contribution in [3.8, 4) is 22.3 Å². The van der Waals surface area contributed by atoms with Crippen molar-refractivity contribution in [2.45, 2.75) is 76.0 Å². The first-order chi connectivity index (χ1) is 31.1. The summed E-state index contributed by atoms with van der Waals surface area (Å²) in [6, 6.07) is 26.8. The SMILES string of the molecule is [3H]/C=C/c1ccc2c(c1)C(CCOCCOCCOC)(CCOCCOCCOC)c1cc(/C=C/c3ccc4c(c3)C(CCCC)(CCCCS(=O)(=O)O)c3cc(C)ccc3-4)ccc1-2. The molecule has 0 bridgehead atoms. The summed E-state index contributed by atoms with van der Waals surface area (Å²) >= 11 is 0. The molecule has 0 spiro atoms. The maximum absolute atomic E-state index is 11.7. The molecule has 340 valence electrons. The summed E-state index contributed by atoms with van der Waals surface area (Å²) < 4.78 is 74.8. The normalized spacial score (nSPS) is 16.4. The second-order valence-electron chi connectivity index (χ2n) is 16.9. The lowest BCUT2D eigenvalue weighted by molar-refractivity contribution is 0.0145. The largest absolute Gasteiger partial charge is 0.382 e. The van der Waals surface area contributed by atoms with Crippen LogP contribution in [-0.4, -0.2) is 99.0 Å². The molecule has 0 saturated carbocycles.